The summed E-state index contributed by atoms with van der Waals surface area (Å²) in [5, 5.41) is 3.64. The fourth-order valence-corrected chi connectivity index (χ4v) is 5.91. The topological polar surface area (TPSA) is 33.6 Å². The number of anilines is 1. The van der Waals surface area contributed by atoms with Crippen LogP contribution in [0, 0.1) is 0 Å². The van der Waals surface area contributed by atoms with Gasteiger partial charge in [-0.15, -0.1) is 0 Å². The first-order valence-electron chi connectivity index (χ1n) is 7.78. The Morgan fingerprint density at radius 1 is 1.00 bits per heavy atom. The SMILES string of the molecule is COc1ccc(N=c2ssc3c2-c2ccccc2NC3(C)C)cc1. The van der Waals surface area contributed by atoms with Gasteiger partial charge in [0.2, 0.25) is 0 Å². The van der Waals surface area contributed by atoms with E-state index >= 15 is 0 Å². The molecule has 0 aliphatic carbocycles. The summed E-state index contributed by atoms with van der Waals surface area (Å²) in [6.45, 7) is 4.45. The van der Waals surface area contributed by atoms with E-state index in [9.17, 15) is 0 Å². The number of methoxy groups -OCH3 is 1. The quantitative estimate of drug-likeness (QED) is 0.627. The van der Waals surface area contributed by atoms with Crippen molar-refractivity contribution in [1.82, 2.24) is 0 Å². The summed E-state index contributed by atoms with van der Waals surface area (Å²) >= 11 is 0. The highest BCUT2D eigenvalue weighted by molar-refractivity contribution is 7.68. The van der Waals surface area contributed by atoms with Crippen LogP contribution in [0.1, 0.15) is 18.7 Å². The van der Waals surface area contributed by atoms with Gasteiger partial charge >= 0.3 is 0 Å². The Bertz CT molecular complexity index is 952. The van der Waals surface area contributed by atoms with Crippen LogP contribution in [0.2, 0.25) is 0 Å². The summed E-state index contributed by atoms with van der Waals surface area (Å²) in [6, 6.07) is 16.3. The summed E-state index contributed by atoms with van der Waals surface area (Å²) in [4.78, 5) is 6.25. The molecule has 3 nitrogen and oxygen atoms in total. The largest absolute Gasteiger partial charge is 0.497 e. The molecular formula is C19H18N2OS2. The third kappa shape index (κ3) is 2.54. The number of nitrogens with one attached hydrogen (secondary N) is 1. The molecule has 2 heterocycles. The van der Waals surface area contributed by atoms with Gasteiger partial charge in [0, 0.05) is 16.8 Å². The molecule has 0 fully saturated rings. The Hall–Kier alpha value is -2.11. The van der Waals surface area contributed by atoms with Crippen LogP contribution >= 0.6 is 20.7 Å². The van der Waals surface area contributed by atoms with E-state index in [1.54, 1.807) is 17.5 Å². The van der Waals surface area contributed by atoms with Crippen LogP contribution in [0.5, 0.6) is 5.75 Å². The van der Waals surface area contributed by atoms with Crippen molar-refractivity contribution in [3.05, 3.63) is 58.1 Å². The molecule has 1 aliphatic rings. The van der Waals surface area contributed by atoms with Gasteiger partial charge in [-0.1, -0.05) is 38.9 Å². The lowest BCUT2D eigenvalue weighted by atomic mass is 9.90. The summed E-state index contributed by atoms with van der Waals surface area (Å²) in [5.74, 6) is 0.848. The van der Waals surface area contributed by atoms with Crippen LogP contribution in [0.25, 0.3) is 11.1 Å². The average Bonchev–Trinajstić information content (AvgIpc) is 3.00. The van der Waals surface area contributed by atoms with Crippen molar-refractivity contribution in [3.8, 4) is 16.9 Å². The molecule has 5 heteroatoms. The highest BCUT2D eigenvalue weighted by Gasteiger charge is 2.33. The minimum Gasteiger partial charge on any atom is -0.497 e. The van der Waals surface area contributed by atoms with Gasteiger partial charge in [0.05, 0.1) is 23.2 Å². The van der Waals surface area contributed by atoms with E-state index in [0.717, 1.165) is 16.1 Å². The molecule has 1 aliphatic heterocycles. The molecule has 0 amide bonds. The van der Waals surface area contributed by atoms with Crippen molar-refractivity contribution >= 4 is 32.1 Å². The Balaban J connectivity index is 1.91. The summed E-state index contributed by atoms with van der Waals surface area (Å²) in [7, 11) is 5.23. The molecule has 0 saturated carbocycles. The summed E-state index contributed by atoms with van der Waals surface area (Å²) in [5.41, 5.74) is 4.53. The molecule has 0 radical (unpaired) electrons. The molecule has 0 spiro atoms. The predicted molar refractivity (Wildman–Crippen MR) is 102 cm³/mol. The molecule has 1 aromatic heterocycles. The standard InChI is InChI=1S/C19H18N2OS2/c1-19(2)17-16(14-6-4-5-7-15(14)21-19)18(24-23-17)20-12-8-10-13(22-3)11-9-12/h4-11,21H,1-3H3. The van der Waals surface area contributed by atoms with E-state index in [0.29, 0.717) is 0 Å². The highest BCUT2D eigenvalue weighted by Crippen LogP contribution is 2.45. The second kappa shape index (κ2) is 5.76. The maximum Gasteiger partial charge on any atom is 0.135 e. The zero-order valence-electron chi connectivity index (χ0n) is 13.8. The predicted octanol–water partition coefficient (Wildman–Crippen LogP) is 5.38. The molecule has 122 valence electrons. The van der Waals surface area contributed by atoms with Gasteiger partial charge in [-0.3, -0.25) is 0 Å². The molecule has 0 bridgehead atoms. The number of ether oxygens (including phenoxy) is 1. The molecule has 2 aromatic carbocycles. The number of rotatable bonds is 2. The van der Waals surface area contributed by atoms with Crippen LogP contribution in [0.15, 0.2) is 53.5 Å². The molecule has 0 saturated heterocycles. The molecule has 24 heavy (non-hydrogen) atoms. The molecule has 0 unspecified atom stereocenters. The number of hydrogen-bond donors (Lipinski definition) is 1. The van der Waals surface area contributed by atoms with Gasteiger partial charge in [-0.05, 0) is 44.2 Å². The van der Waals surface area contributed by atoms with E-state index in [-0.39, 0.29) is 5.54 Å². The van der Waals surface area contributed by atoms with E-state index in [4.69, 9.17) is 9.73 Å². The van der Waals surface area contributed by atoms with Gasteiger partial charge in [-0.2, -0.15) is 0 Å². The van der Waals surface area contributed by atoms with Crippen molar-refractivity contribution in [2.75, 3.05) is 12.4 Å². The van der Waals surface area contributed by atoms with Gasteiger partial charge in [0.1, 0.15) is 10.4 Å². The fraction of sp³-hybridized carbons (Fsp3) is 0.211. The summed E-state index contributed by atoms with van der Waals surface area (Å²) < 4.78 is 6.29. The molecular weight excluding hydrogens is 336 g/mol. The minimum atomic E-state index is -0.0848. The molecule has 0 atom stereocenters. The van der Waals surface area contributed by atoms with Crippen molar-refractivity contribution in [1.29, 1.82) is 0 Å². The second-order valence-electron chi connectivity index (χ2n) is 6.28. The summed E-state index contributed by atoms with van der Waals surface area (Å²) in [6.07, 6.45) is 0. The van der Waals surface area contributed by atoms with E-state index < -0.39 is 0 Å². The van der Waals surface area contributed by atoms with Crippen molar-refractivity contribution in [3.63, 3.8) is 0 Å². The number of fused-ring (bicyclic) bond motifs is 3. The average molecular weight is 355 g/mol. The maximum absolute atomic E-state index is 5.22. The molecule has 4 rings (SSSR count). The maximum atomic E-state index is 5.22. The first kappa shape index (κ1) is 15.4. The van der Waals surface area contributed by atoms with Crippen LogP contribution in [-0.4, -0.2) is 7.11 Å². The first-order chi connectivity index (χ1) is 11.6. The lowest BCUT2D eigenvalue weighted by Gasteiger charge is -2.33. The Morgan fingerprint density at radius 2 is 1.75 bits per heavy atom. The van der Waals surface area contributed by atoms with Crippen LogP contribution < -0.4 is 14.7 Å². The zero-order valence-corrected chi connectivity index (χ0v) is 15.4. The smallest absolute Gasteiger partial charge is 0.135 e. The van der Waals surface area contributed by atoms with Gasteiger partial charge in [0.25, 0.3) is 0 Å². The third-order valence-corrected chi connectivity index (χ3v) is 6.80. The van der Waals surface area contributed by atoms with Crippen molar-refractivity contribution in [2.45, 2.75) is 19.4 Å². The van der Waals surface area contributed by atoms with Gasteiger partial charge in [0.15, 0.2) is 0 Å². The Kier molecular flexibility index (Phi) is 3.70. The Labute approximate surface area is 148 Å². The number of benzene rings is 2. The van der Waals surface area contributed by atoms with Crippen LogP contribution in [0.4, 0.5) is 11.4 Å². The minimum absolute atomic E-state index is 0.0848. The third-order valence-electron chi connectivity index (χ3n) is 4.16. The first-order valence-corrected chi connectivity index (χ1v) is 9.93. The Morgan fingerprint density at radius 3 is 2.50 bits per heavy atom. The van der Waals surface area contributed by atoms with Crippen LogP contribution in [-0.2, 0) is 5.54 Å². The van der Waals surface area contributed by atoms with Crippen molar-refractivity contribution < 1.29 is 4.74 Å². The number of hydrogen-bond acceptors (Lipinski definition) is 5. The number of para-hydroxylation sites is 1. The lowest BCUT2D eigenvalue weighted by molar-refractivity contribution is 0.415. The normalized spacial score (nSPS) is 15.4. The second-order valence-corrected chi connectivity index (χ2v) is 8.41. The van der Waals surface area contributed by atoms with E-state index in [1.807, 2.05) is 34.6 Å². The highest BCUT2D eigenvalue weighted by atomic mass is 32.9. The van der Waals surface area contributed by atoms with Gasteiger partial charge < -0.3 is 10.1 Å². The van der Waals surface area contributed by atoms with E-state index in [1.165, 1.54) is 21.7 Å². The lowest BCUT2D eigenvalue weighted by Crippen LogP contribution is -2.31. The molecule has 1 N–H and O–H groups in total. The van der Waals surface area contributed by atoms with Crippen molar-refractivity contribution in [2.24, 2.45) is 4.99 Å². The van der Waals surface area contributed by atoms with E-state index in [2.05, 4.69) is 43.4 Å². The molecule has 3 aromatic rings. The number of nitrogens with zero attached hydrogens (tertiary/aromatic N) is 1. The fourth-order valence-electron chi connectivity index (χ4n) is 2.97. The van der Waals surface area contributed by atoms with Crippen LogP contribution in [0.3, 0.4) is 0 Å². The monoisotopic (exact) mass is 354 g/mol. The van der Waals surface area contributed by atoms with Gasteiger partial charge in [-0.25, -0.2) is 4.99 Å². The zero-order chi connectivity index (χ0) is 16.7.